The molecule has 1 saturated carbocycles. The van der Waals surface area contributed by atoms with Crippen molar-refractivity contribution < 1.29 is 14.6 Å². The fourth-order valence-electron chi connectivity index (χ4n) is 4.75. The maximum atomic E-state index is 13.6. The number of amides is 1. The topological polar surface area (TPSA) is 61.8 Å². The Morgan fingerprint density at radius 2 is 1.81 bits per heavy atom. The molecule has 166 valence electrons. The van der Waals surface area contributed by atoms with Crippen LogP contribution in [0.1, 0.15) is 49.1 Å². The summed E-state index contributed by atoms with van der Waals surface area (Å²) in [6.45, 7) is 3.32. The van der Waals surface area contributed by atoms with Crippen molar-refractivity contribution in [1.82, 2.24) is 10.2 Å². The van der Waals surface area contributed by atoms with E-state index in [-0.39, 0.29) is 5.91 Å². The molecule has 0 aromatic heterocycles. The first-order chi connectivity index (χ1) is 15.1. The number of carbonyl (C=O) groups excluding carboxylic acids is 1. The van der Waals surface area contributed by atoms with Gasteiger partial charge in [-0.2, -0.15) is 0 Å². The van der Waals surface area contributed by atoms with Crippen LogP contribution < -0.4 is 10.1 Å². The Kier molecular flexibility index (Phi) is 7.16. The molecule has 2 N–H and O–H groups in total. The quantitative estimate of drug-likeness (QED) is 0.706. The van der Waals surface area contributed by atoms with Gasteiger partial charge < -0.3 is 20.1 Å². The Morgan fingerprint density at radius 3 is 2.48 bits per heavy atom. The number of halogens is 1. The minimum atomic E-state index is -1.03. The van der Waals surface area contributed by atoms with Crippen LogP contribution in [-0.2, 0) is 11.4 Å². The highest BCUT2D eigenvalue weighted by molar-refractivity contribution is 6.32. The normalized spacial score (nSPS) is 19.6. The molecule has 5 nitrogen and oxygen atoms in total. The van der Waals surface area contributed by atoms with Crippen molar-refractivity contribution in [3.05, 3.63) is 64.7 Å². The molecule has 31 heavy (non-hydrogen) atoms. The third kappa shape index (κ3) is 5.22. The van der Waals surface area contributed by atoms with Gasteiger partial charge in [-0.3, -0.25) is 4.79 Å². The minimum Gasteiger partial charge on any atom is -0.487 e. The number of piperazine rings is 1. The summed E-state index contributed by atoms with van der Waals surface area (Å²) in [5.74, 6) is -0.0234. The molecular weight excluding hydrogens is 412 g/mol. The molecule has 0 bridgehead atoms. The number of ether oxygens (including phenoxy) is 1. The molecule has 1 heterocycles. The van der Waals surface area contributed by atoms with Crippen LogP contribution in [0.5, 0.6) is 5.75 Å². The summed E-state index contributed by atoms with van der Waals surface area (Å²) < 4.78 is 5.91. The summed E-state index contributed by atoms with van der Waals surface area (Å²) in [6.07, 6.45) is 4.25. The number of aliphatic hydroxyl groups is 1. The molecule has 1 atom stereocenters. The second-order valence-electron chi connectivity index (χ2n) is 8.64. The molecule has 1 amide bonds. The fraction of sp³-hybridized carbons (Fsp3) is 0.480. The highest BCUT2D eigenvalue weighted by Gasteiger charge is 2.45. The Morgan fingerprint density at radius 1 is 1.10 bits per heavy atom. The lowest BCUT2D eigenvalue weighted by Gasteiger charge is -2.41. The summed E-state index contributed by atoms with van der Waals surface area (Å²) in [4.78, 5) is 15.5. The van der Waals surface area contributed by atoms with Gasteiger partial charge in [0.05, 0.1) is 16.5 Å². The minimum absolute atomic E-state index is 0.0000735. The third-order valence-corrected chi connectivity index (χ3v) is 6.75. The summed E-state index contributed by atoms with van der Waals surface area (Å²) in [5, 5.41) is 15.3. The van der Waals surface area contributed by atoms with Crippen LogP contribution in [0.15, 0.2) is 48.5 Å². The van der Waals surface area contributed by atoms with Gasteiger partial charge in [-0.1, -0.05) is 67.3 Å². The molecule has 2 aliphatic rings. The van der Waals surface area contributed by atoms with Crippen molar-refractivity contribution in [1.29, 1.82) is 0 Å². The second-order valence-corrected chi connectivity index (χ2v) is 9.04. The molecule has 4 rings (SSSR count). The Bertz CT molecular complexity index is 878. The van der Waals surface area contributed by atoms with Gasteiger partial charge in [-0.25, -0.2) is 0 Å². The van der Waals surface area contributed by atoms with Gasteiger partial charge >= 0.3 is 0 Å². The van der Waals surface area contributed by atoms with Crippen LogP contribution in [0, 0.1) is 0 Å². The van der Waals surface area contributed by atoms with Crippen LogP contribution >= 0.6 is 11.6 Å². The number of hydrogen-bond acceptors (Lipinski definition) is 4. The van der Waals surface area contributed by atoms with E-state index in [0.717, 1.165) is 43.5 Å². The number of nitrogens with zero attached hydrogens (tertiary/aromatic N) is 1. The molecule has 0 spiro atoms. The maximum absolute atomic E-state index is 13.6. The summed E-state index contributed by atoms with van der Waals surface area (Å²) in [5.41, 5.74) is 0.798. The van der Waals surface area contributed by atoms with E-state index in [4.69, 9.17) is 16.3 Å². The van der Waals surface area contributed by atoms with Gasteiger partial charge in [0.2, 0.25) is 5.91 Å². The van der Waals surface area contributed by atoms with E-state index in [1.54, 1.807) is 6.07 Å². The molecule has 2 aromatic carbocycles. The standard InChI is InChI=1S/C25H31ClN2O3/c26-21-17-20(9-10-22(21)31-18-19-7-3-1-4-8-19)23(25(30)11-5-2-6-12-25)24(29)28-15-13-27-14-16-28/h1,3-4,7-10,17,23,27,30H,2,5-6,11-16,18H2/t23-/m0/s1. The van der Waals surface area contributed by atoms with Gasteiger partial charge in [0.15, 0.2) is 0 Å². The smallest absolute Gasteiger partial charge is 0.233 e. The second kappa shape index (κ2) is 10.0. The summed E-state index contributed by atoms with van der Waals surface area (Å²) >= 11 is 6.57. The third-order valence-electron chi connectivity index (χ3n) is 6.46. The monoisotopic (exact) mass is 442 g/mol. The summed E-state index contributed by atoms with van der Waals surface area (Å²) in [7, 11) is 0. The zero-order valence-corrected chi connectivity index (χ0v) is 18.6. The lowest BCUT2D eigenvalue weighted by molar-refractivity contribution is -0.142. The van der Waals surface area contributed by atoms with E-state index in [9.17, 15) is 9.90 Å². The van der Waals surface area contributed by atoms with Crippen LogP contribution in [0.2, 0.25) is 5.02 Å². The molecular formula is C25H31ClN2O3. The highest BCUT2D eigenvalue weighted by atomic mass is 35.5. The Hall–Kier alpha value is -2.08. The van der Waals surface area contributed by atoms with Crippen molar-refractivity contribution >= 4 is 17.5 Å². The highest BCUT2D eigenvalue weighted by Crippen LogP contribution is 2.42. The zero-order valence-electron chi connectivity index (χ0n) is 17.9. The fourth-order valence-corrected chi connectivity index (χ4v) is 5.00. The van der Waals surface area contributed by atoms with Crippen molar-refractivity contribution in [2.75, 3.05) is 26.2 Å². The zero-order chi connectivity index (χ0) is 21.7. The lowest BCUT2D eigenvalue weighted by Crippen LogP contribution is -2.53. The van der Waals surface area contributed by atoms with Crippen molar-refractivity contribution in [3.8, 4) is 5.75 Å². The predicted molar refractivity (Wildman–Crippen MR) is 122 cm³/mol. The molecule has 0 unspecified atom stereocenters. The SMILES string of the molecule is O=C([C@H](c1ccc(OCc2ccccc2)c(Cl)c1)C1(O)CCCCC1)N1CCNCC1. The van der Waals surface area contributed by atoms with E-state index in [1.807, 2.05) is 47.4 Å². The first-order valence-corrected chi connectivity index (χ1v) is 11.6. The van der Waals surface area contributed by atoms with Crippen LogP contribution in [0.4, 0.5) is 0 Å². The maximum Gasteiger partial charge on any atom is 0.233 e. The molecule has 1 aliphatic carbocycles. The van der Waals surface area contributed by atoms with Gasteiger partial charge in [-0.05, 0) is 36.1 Å². The van der Waals surface area contributed by atoms with E-state index < -0.39 is 11.5 Å². The van der Waals surface area contributed by atoms with Crippen LogP contribution in [0.25, 0.3) is 0 Å². The van der Waals surface area contributed by atoms with Gasteiger partial charge in [0.1, 0.15) is 12.4 Å². The largest absolute Gasteiger partial charge is 0.487 e. The Balaban J connectivity index is 1.58. The summed E-state index contributed by atoms with van der Waals surface area (Å²) in [6, 6.07) is 15.4. The van der Waals surface area contributed by atoms with Crippen molar-refractivity contribution in [3.63, 3.8) is 0 Å². The van der Waals surface area contributed by atoms with Crippen molar-refractivity contribution in [2.45, 2.75) is 50.2 Å². The molecule has 0 radical (unpaired) electrons. The molecule has 1 saturated heterocycles. The van der Waals surface area contributed by atoms with E-state index in [2.05, 4.69) is 5.32 Å². The van der Waals surface area contributed by atoms with Crippen LogP contribution in [-0.4, -0.2) is 47.7 Å². The van der Waals surface area contributed by atoms with Gasteiger partial charge in [0, 0.05) is 26.2 Å². The molecule has 2 aromatic rings. The Labute approximate surface area is 189 Å². The van der Waals surface area contributed by atoms with E-state index in [0.29, 0.717) is 43.3 Å². The number of nitrogens with one attached hydrogen (secondary N) is 1. The lowest BCUT2D eigenvalue weighted by atomic mass is 9.72. The van der Waals surface area contributed by atoms with Gasteiger partial charge in [0.25, 0.3) is 0 Å². The molecule has 6 heteroatoms. The number of rotatable bonds is 6. The number of hydrogen-bond donors (Lipinski definition) is 2. The van der Waals surface area contributed by atoms with Crippen LogP contribution in [0.3, 0.4) is 0 Å². The van der Waals surface area contributed by atoms with Crippen molar-refractivity contribution in [2.24, 2.45) is 0 Å². The molecule has 1 aliphatic heterocycles. The predicted octanol–water partition coefficient (Wildman–Crippen LogP) is 4.13. The first kappa shape index (κ1) is 22.1. The van der Waals surface area contributed by atoms with E-state index in [1.165, 1.54) is 0 Å². The number of benzene rings is 2. The van der Waals surface area contributed by atoms with E-state index >= 15 is 0 Å². The average Bonchev–Trinajstić information content (AvgIpc) is 2.80. The van der Waals surface area contributed by atoms with Gasteiger partial charge in [-0.15, -0.1) is 0 Å². The average molecular weight is 443 g/mol. The first-order valence-electron chi connectivity index (χ1n) is 11.2. The number of carbonyl (C=O) groups is 1. The molecule has 2 fully saturated rings.